The standard InChI is InChI=1S/C18H21NO5/c1-5-22-16-8-6-14(10-17(16)21-4)7-9-18(20)23-11-15-12(2)19-24-13(15)3/h6-10H,5,11H2,1-4H3/b9-7+. The molecule has 0 aliphatic carbocycles. The first-order valence-electron chi connectivity index (χ1n) is 7.62. The number of methoxy groups -OCH3 is 1. The molecule has 0 unspecified atom stereocenters. The smallest absolute Gasteiger partial charge is 0.331 e. The molecule has 6 heteroatoms. The van der Waals surface area contributed by atoms with Gasteiger partial charge in [-0.2, -0.15) is 0 Å². The van der Waals surface area contributed by atoms with Crippen LogP contribution in [0.3, 0.4) is 0 Å². The minimum absolute atomic E-state index is 0.136. The highest BCUT2D eigenvalue weighted by Crippen LogP contribution is 2.28. The average molecular weight is 331 g/mol. The van der Waals surface area contributed by atoms with Crippen molar-refractivity contribution in [1.82, 2.24) is 5.16 Å². The van der Waals surface area contributed by atoms with Crippen molar-refractivity contribution in [3.63, 3.8) is 0 Å². The van der Waals surface area contributed by atoms with Crippen LogP contribution in [0, 0.1) is 13.8 Å². The molecule has 0 fully saturated rings. The summed E-state index contributed by atoms with van der Waals surface area (Å²) in [6.07, 6.45) is 3.03. The lowest BCUT2D eigenvalue weighted by atomic mass is 10.2. The fourth-order valence-electron chi connectivity index (χ4n) is 2.13. The quantitative estimate of drug-likeness (QED) is 0.571. The molecule has 2 aromatic rings. The maximum Gasteiger partial charge on any atom is 0.331 e. The van der Waals surface area contributed by atoms with E-state index in [-0.39, 0.29) is 6.61 Å². The Labute approximate surface area is 141 Å². The average Bonchev–Trinajstić information content (AvgIpc) is 2.90. The number of hydrogen-bond donors (Lipinski definition) is 0. The number of hydrogen-bond acceptors (Lipinski definition) is 6. The summed E-state index contributed by atoms with van der Waals surface area (Å²) in [4.78, 5) is 11.8. The first kappa shape index (κ1) is 17.6. The maximum absolute atomic E-state index is 11.8. The van der Waals surface area contributed by atoms with Crippen molar-refractivity contribution in [2.45, 2.75) is 27.4 Å². The largest absolute Gasteiger partial charge is 0.493 e. The second-order valence-corrected chi connectivity index (χ2v) is 5.09. The predicted molar refractivity (Wildman–Crippen MR) is 89.0 cm³/mol. The van der Waals surface area contributed by atoms with E-state index >= 15 is 0 Å². The second kappa shape index (κ2) is 8.19. The highest BCUT2D eigenvalue weighted by atomic mass is 16.5. The molecule has 0 radical (unpaired) electrons. The molecule has 0 saturated heterocycles. The summed E-state index contributed by atoms with van der Waals surface area (Å²) in [5.41, 5.74) is 2.32. The molecule has 0 bridgehead atoms. The Kier molecular flexibility index (Phi) is 6.01. The van der Waals surface area contributed by atoms with Gasteiger partial charge in [-0.05, 0) is 44.5 Å². The molecule has 2 rings (SSSR count). The number of nitrogens with zero attached hydrogens (tertiary/aromatic N) is 1. The third kappa shape index (κ3) is 4.38. The minimum Gasteiger partial charge on any atom is -0.493 e. The van der Waals surface area contributed by atoms with Gasteiger partial charge < -0.3 is 18.7 Å². The van der Waals surface area contributed by atoms with Gasteiger partial charge in [-0.3, -0.25) is 0 Å². The summed E-state index contributed by atoms with van der Waals surface area (Å²) in [5, 5.41) is 3.82. The fraction of sp³-hybridized carbons (Fsp3) is 0.333. The van der Waals surface area contributed by atoms with Gasteiger partial charge in [0.2, 0.25) is 0 Å². The number of benzene rings is 1. The molecule has 1 heterocycles. The molecule has 1 aromatic carbocycles. The Bertz CT molecular complexity index is 714. The Morgan fingerprint density at radius 1 is 1.29 bits per heavy atom. The monoisotopic (exact) mass is 331 g/mol. The van der Waals surface area contributed by atoms with E-state index in [2.05, 4.69) is 5.16 Å². The lowest BCUT2D eigenvalue weighted by Gasteiger charge is -2.09. The van der Waals surface area contributed by atoms with E-state index in [1.165, 1.54) is 6.08 Å². The summed E-state index contributed by atoms with van der Waals surface area (Å²) in [5.74, 6) is 1.49. The summed E-state index contributed by atoms with van der Waals surface area (Å²) in [6, 6.07) is 5.44. The van der Waals surface area contributed by atoms with Gasteiger partial charge in [-0.1, -0.05) is 11.2 Å². The van der Waals surface area contributed by atoms with E-state index in [0.29, 0.717) is 23.9 Å². The predicted octanol–water partition coefficient (Wildman–Crippen LogP) is 3.46. The van der Waals surface area contributed by atoms with Crippen LogP contribution >= 0.6 is 0 Å². The number of rotatable bonds is 7. The zero-order chi connectivity index (χ0) is 17.5. The summed E-state index contributed by atoms with van der Waals surface area (Å²) < 4.78 is 21.0. The Hall–Kier alpha value is -2.76. The molecule has 128 valence electrons. The van der Waals surface area contributed by atoms with Crippen molar-refractivity contribution in [2.75, 3.05) is 13.7 Å². The van der Waals surface area contributed by atoms with E-state index < -0.39 is 5.97 Å². The third-order valence-corrected chi connectivity index (χ3v) is 3.44. The lowest BCUT2D eigenvalue weighted by molar-refractivity contribution is -0.138. The van der Waals surface area contributed by atoms with Crippen LogP contribution in [-0.4, -0.2) is 24.8 Å². The van der Waals surface area contributed by atoms with E-state index in [4.69, 9.17) is 18.7 Å². The number of aromatic nitrogens is 1. The molecule has 0 saturated carbocycles. The minimum atomic E-state index is -0.442. The topological polar surface area (TPSA) is 70.8 Å². The molecule has 0 atom stereocenters. The summed E-state index contributed by atoms with van der Waals surface area (Å²) >= 11 is 0. The van der Waals surface area contributed by atoms with Crippen LogP contribution in [0.2, 0.25) is 0 Å². The van der Waals surface area contributed by atoms with Gasteiger partial charge in [-0.15, -0.1) is 0 Å². The first-order chi connectivity index (χ1) is 11.5. The molecule has 24 heavy (non-hydrogen) atoms. The summed E-state index contributed by atoms with van der Waals surface area (Å²) in [7, 11) is 1.57. The van der Waals surface area contributed by atoms with Gasteiger partial charge in [0.1, 0.15) is 12.4 Å². The molecule has 0 N–H and O–H groups in total. The normalized spacial score (nSPS) is 10.8. The van der Waals surface area contributed by atoms with Gasteiger partial charge in [0.05, 0.1) is 25.0 Å². The van der Waals surface area contributed by atoms with E-state index in [1.54, 1.807) is 32.2 Å². The lowest BCUT2D eigenvalue weighted by Crippen LogP contribution is -2.02. The van der Waals surface area contributed by atoms with Crippen molar-refractivity contribution < 1.29 is 23.5 Å². The van der Waals surface area contributed by atoms with Crippen molar-refractivity contribution >= 4 is 12.0 Å². The molecule has 1 aromatic heterocycles. The molecule has 0 aliphatic heterocycles. The second-order valence-electron chi connectivity index (χ2n) is 5.09. The van der Waals surface area contributed by atoms with Crippen LogP contribution in [-0.2, 0) is 16.1 Å². The third-order valence-electron chi connectivity index (χ3n) is 3.44. The first-order valence-corrected chi connectivity index (χ1v) is 7.62. The molecular weight excluding hydrogens is 310 g/mol. The zero-order valence-electron chi connectivity index (χ0n) is 14.3. The number of carbonyl (C=O) groups excluding carboxylic acids is 1. The summed E-state index contributed by atoms with van der Waals surface area (Å²) in [6.45, 7) is 6.19. The Balaban J connectivity index is 1.98. The molecule has 0 spiro atoms. The fourth-order valence-corrected chi connectivity index (χ4v) is 2.13. The van der Waals surface area contributed by atoms with Crippen LogP contribution < -0.4 is 9.47 Å². The van der Waals surface area contributed by atoms with Gasteiger partial charge in [0, 0.05) is 6.08 Å². The SMILES string of the molecule is CCOc1ccc(/C=C/C(=O)OCc2c(C)noc2C)cc1OC. The number of carbonyl (C=O) groups is 1. The molecule has 6 nitrogen and oxygen atoms in total. The van der Waals surface area contributed by atoms with Gasteiger partial charge in [-0.25, -0.2) is 4.79 Å². The van der Waals surface area contributed by atoms with Crippen LogP contribution in [0.1, 0.15) is 29.5 Å². The van der Waals surface area contributed by atoms with Crippen LogP contribution in [0.25, 0.3) is 6.08 Å². The van der Waals surface area contributed by atoms with Crippen molar-refractivity contribution in [3.05, 3.63) is 46.9 Å². The van der Waals surface area contributed by atoms with E-state index in [9.17, 15) is 4.79 Å². The van der Waals surface area contributed by atoms with Gasteiger partial charge in [0.25, 0.3) is 0 Å². The highest BCUT2D eigenvalue weighted by Gasteiger charge is 2.10. The van der Waals surface area contributed by atoms with Crippen LogP contribution in [0.5, 0.6) is 11.5 Å². The van der Waals surface area contributed by atoms with Crippen molar-refractivity contribution in [3.8, 4) is 11.5 Å². The molecule has 0 aliphatic rings. The zero-order valence-corrected chi connectivity index (χ0v) is 14.3. The van der Waals surface area contributed by atoms with Gasteiger partial charge >= 0.3 is 5.97 Å². The number of ether oxygens (including phenoxy) is 3. The van der Waals surface area contributed by atoms with Gasteiger partial charge in [0.15, 0.2) is 11.5 Å². The Morgan fingerprint density at radius 3 is 2.71 bits per heavy atom. The molecular formula is C18H21NO5. The van der Waals surface area contributed by atoms with Crippen LogP contribution in [0.15, 0.2) is 28.8 Å². The maximum atomic E-state index is 11.8. The number of esters is 1. The van der Waals surface area contributed by atoms with Crippen molar-refractivity contribution in [2.24, 2.45) is 0 Å². The highest BCUT2D eigenvalue weighted by molar-refractivity contribution is 5.87. The molecule has 0 amide bonds. The number of aryl methyl sites for hydroxylation is 2. The van der Waals surface area contributed by atoms with E-state index in [0.717, 1.165) is 16.8 Å². The van der Waals surface area contributed by atoms with Crippen LogP contribution in [0.4, 0.5) is 0 Å². The Morgan fingerprint density at radius 2 is 2.08 bits per heavy atom. The van der Waals surface area contributed by atoms with Crippen molar-refractivity contribution in [1.29, 1.82) is 0 Å². The van der Waals surface area contributed by atoms with E-state index in [1.807, 2.05) is 19.9 Å².